The van der Waals surface area contributed by atoms with Gasteiger partial charge in [-0.3, -0.25) is 10.1 Å². The Labute approximate surface area is 146 Å². The van der Waals surface area contributed by atoms with E-state index in [1.54, 1.807) is 24.3 Å². The van der Waals surface area contributed by atoms with Crippen molar-refractivity contribution >= 4 is 40.4 Å². The summed E-state index contributed by atoms with van der Waals surface area (Å²) in [6.07, 6.45) is 0. The molecule has 4 nitrogen and oxygen atoms in total. The smallest absolute Gasteiger partial charge is 0.258 e. The molecule has 7 heteroatoms. The van der Waals surface area contributed by atoms with E-state index < -0.39 is 0 Å². The highest BCUT2D eigenvalue weighted by Gasteiger charge is 2.17. The molecule has 0 spiro atoms. The van der Waals surface area contributed by atoms with Crippen molar-refractivity contribution in [3.63, 3.8) is 0 Å². The van der Waals surface area contributed by atoms with E-state index in [0.717, 1.165) is 21.2 Å². The SMILES string of the molecule is Cc1nc(-c2ccc(Sc3ccc(Cl)cc3)c([N+](=O)[O-])c2)cs1. The molecule has 3 rings (SSSR count). The van der Waals surface area contributed by atoms with Crippen LogP contribution in [0.4, 0.5) is 5.69 Å². The summed E-state index contributed by atoms with van der Waals surface area (Å²) >= 11 is 8.73. The fraction of sp³-hybridized carbons (Fsp3) is 0.0625. The zero-order valence-corrected chi connectivity index (χ0v) is 14.4. The number of hydrogen-bond donors (Lipinski definition) is 0. The number of halogens is 1. The van der Waals surface area contributed by atoms with E-state index in [-0.39, 0.29) is 10.6 Å². The largest absolute Gasteiger partial charge is 0.283 e. The predicted octanol–water partition coefficient (Wildman–Crippen LogP) is 5.83. The molecule has 0 amide bonds. The third-order valence-electron chi connectivity index (χ3n) is 3.11. The van der Waals surface area contributed by atoms with Crippen LogP contribution in [0.25, 0.3) is 11.3 Å². The Morgan fingerprint density at radius 1 is 1.22 bits per heavy atom. The van der Waals surface area contributed by atoms with Crippen molar-refractivity contribution in [1.82, 2.24) is 4.98 Å². The Bertz CT molecular complexity index is 863. The minimum atomic E-state index is -0.360. The molecule has 0 saturated carbocycles. The highest BCUT2D eigenvalue weighted by Crippen LogP contribution is 2.37. The molecule has 23 heavy (non-hydrogen) atoms. The first-order valence-corrected chi connectivity index (χ1v) is 8.75. The van der Waals surface area contributed by atoms with Crippen LogP contribution in [0, 0.1) is 17.0 Å². The van der Waals surface area contributed by atoms with Gasteiger partial charge in [0.2, 0.25) is 0 Å². The van der Waals surface area contributed by atoms with Crippen molar-refractivity contribution in [2.45, 2.75) is 16.7 Å². The van der Waals surface area contributed by atoms with Crippen LogP contribution in [0.5, 0.6) is 0 Å². The lowest BCUT2D eigenvalue weighted by molar-refractivity contribution is -0.387. The first-order chi connectivity index (χ1) is 11.0. The van der Waals surface area contributed by atoms with Crippen molar-refractivity contribution < 1.29 is 4.92 Å². The number of nitro groups is 1. The molecule has 0 atom stereocenters. The summed E-state index contributed by atoms with van der Waals surface area (Å²) in [5, 5.41) is 14.9. The monoisotopic (exact) mass is 362 g/mol. The van der Waals surface area contributed by atoms with Crippen LogP contribution in [0.2, 0.25) is 5.02 Å². The normalized spacial score (nSPS) is 10.7. The minimum Gasteiger partial charge on any atom is -0.258 e. The number of nitro benzene ring substituents is 1. The highest BCUT2D eigenvalue weighted by molar-refractivity contribution is 7.99. The number of aryl methyl sites for hydroxylation is 1. The van der Waals surface area contributed by atoms with Crippen molar-refractivity contribution in [1.29, 1.82) is 0 Å². The summed E-state index contributed by atoms with van der Waals surface area (Å²) in [7, 11) is 0. The number of nitrogens with zero attached hydrogens (tertiary/aromatic N) is 2. The van der Waals surface area contributed by atoms with Gasteiger partial charge in [-0.1, -0.05) is 29.4 Å². The van der Waals surface area contributed by atoms with E-state index in [1.165, 1.54) is 23.1 Å². The van der Waals surface area contributed by atoms with Gasteiger partial charge in [0.25, 0.3) is 5.69 Å². The van der Waals surface area contributed by atoms with Gasteiger partial charge in [-0.05, 0) is 37.3 Å². The van der Waals surface area contributed by atoms with Crippen LogP contribution in [-0.4, -0.2) is 9.91 Å². The van der Waals surface area contributed by atoms with Crippen LogP contribution in [0.1, 0.15) is 5.01 Å². The lowest BCUT2D eigenvalue weighted by Crippen LogP contribution is -1.92. The maximum atomic E-state index is 11.4. The Balaban J connectivity index is 1.97. The summed E-state index contributed by atoms with van der Waals surface area (Å²) in [6, 6.07) is 12.4. The van der Waals surface area contributed by atoms with Gasteiger partial charge in [-0.25, -0.2) is 4.98 Å². The fourth-order valence-electron chi connectivity index (χ4n) is 2.03. The number of benzene rings is 2. The molecule has 0 radical (unpaired) electrons. The number of rotatable bonds is 4. The van der Waals surface area contributed by atoms with Crippen LogP contribution >= 0.6 is 34.7 Å². The molecule has 0 unspecified atom stereocenters. The zero-order chi connectivity index (χ0) is 16.4. The van der Waals surface area contributed by atoms with Crippen LogP contribution in [0.3, 0.4) is 0 Å². The second kappa shape index (κ2) is 6.70. The summed E-state index contributed by atoms with van der Waals surface area (Å²) in [5.74, 6) is 0. The third-order valence-corrected chi connectivity index (χ3v) is 5.21. The second-order valence-electron chi connectivity index (χ2n) is 4.75. The van der Waals surface area contributed by atoms with Gasteiger partial charge in [-0.2, -0.15) is 0 Å². The Morgan fingerprint density at radius 3 is 2.57 bits per heavy atom. The molecule has 116 valence electrons. The van der Waals surface area contributed by atoms with Gasteiger partial charge < -0.3 is 0 Å². The van der Waals surface area contributed by atoms with Crippen molar-refractivity contribution in [3.8, 4) is 11.3 Å². The van der Waals surface area contributed by atoms with Gasteiger partial charge in [-0.15, -0.1) is 11.3 Å². The molecule has 3 aromatic rings. The Hall–Kier alpha value is -1.89. The first kappa shape index (κ1) is 16.0. The van der Waals surface area contributed by atoms with Crippen LogP contribution in [-0.2, 0) is 0 Å². The summed E-state index contributed by atoms with van der Waals surface area (Å²) in [4.78, 5) is 16.9. The molecule has 2 aromatic carbocycles. The molecule has 0 aliphatic heterocycles. The van der Waals surface area contributed by atoms with E-state index in [2.05, 4.69) is 4.98 Å². The first-order valence-electron chi connectivity index (χ1n) is 6.67. The average molecular weight is 363 g/mol. The van der Waals surface area contributed by atoms with Gasteiger partial charge >= 0.3 is 0 Å². The molecule has 0 aliphatic carbocycles. The second-order valence-corrected chi connectivity index (χ2v) is 7.36. The molecule has 1 heterocycles. The molecule has 1 aromatic heterocycles. The van der Waals surface area contributed by atoms with E-state index in [4.69, 9.17) is 11.6 Å². The van der Waals surface area contributed by atoms with Gasteiger partial charge in [0.1, 0.15) is 0 Å². The van der Waals surface area contributed by atoms with Crippen molar-refractivity contribution in [2.75, 3.05) is 0 Å². The number of thiazole rings is 1. The van der Waals surface area contributed by atoms with Gasteiger partial charge in [0, 0.05) is 26.9 Å². The summed E-state index contributed by atoms with van der Waals surface area (Å²) < 4.78 is 0. The third kappa shape index (κ3) is 3.72. The molecule has 0 aliphatic rings. The van der Waals surface area contributed by atoms with Crippen LogP contribution in [0.15, 0.2) is 57.6 Å². The molecule has 0 fully saturated rings. The molecule has 0 N–H and O–H groups in total. The van der Waals surface area contributed by atoms with Crippen LogP contribution < -0.4 is 0 Å². The van der Waals surface area contributed by atoms with Gasteiger partial charge in [0.15, 0.2) is 0 Å². The fourth-order valence-corrected chi connectivity index (χ4v) is 3.68. The standard InChI is InChI=1S/C16H11ClN2O2S2/c1-10-18-14(9-22-10)11-2-7-16(15(8-11)19(20)21)23-13-5-3-12(17)4-6-13/h2-9H,1H3. The maximum absolute atomic E-state index is 11.4. The highest BCUT2D eigenvalue weighted by atomic mass is 35.5. The Morgan fingerprint density at radius 2 is 1.96 bits per heavy atom. The lowest BCUT2D eigenvalue weighted by Gasteiger charge is -2.05. The van der Waals surface area contributed by atoms with E-state index in [1.807, 2.05) is 30.5 Å². The van der Waals surface area contributed by atoms with Crippen molar-refractivity contribution in [2.24, 2.45) is 0 Å². The van der Waals surface area contributed by atoms with Gasteiger partial charge in [0.05, 0.1) is 20.5 Å². The van der Waals surface area contributed by atoms with E-state index >= 15 is 0 Å². The summed E-state index contributed by atoms with van der Waals surface area (Å²) in [6.45, 7) is 1.91. The number of aromatic nitrogens is 1. The molecular formula is C16H11ClN2O2S2. The number of hydrogen-bond acceptors (Lipinski definition) is 5. The molecule has 0 saturated heterocycles. The Kier molecular flexibility index (Phi) is 4.66. The topological polar surface area (TPSA) is 56.0 Å². The molecule has 0 bridgehead atoms. The minimum absolute atomic E-state index is 0.0769. The lowest BCUT2D eigenvalue weighted by atomic mass is 10.1. The van der Waals surface area contributed by atoms with E-state index in [9.17, 15) is 10.1 Å². The van der Waals surface area contributed by atoms with Crippen molar-refractivity contribution in [3.05, 3.63) is 68.0 Å². The average Bonchev–Trinajstić information content (AvgIpc) is 2.96. The molecular weight excluding hydrogens is 352 g/mol. The maximum Gasteiger partial charge on any atom is 0.283 e. The summed E-state index contributed by atoms with van der Waals surface area (Å²) in [5.41, 5.74) is 1.59. The quantitative estimate of drug-likeness (QED) is 0.432. The zero-order valence-electron chi connectivity index (χ0n) is 12.0. The van der Waals surface area contributed by atoms with E-state index in [0.29, 0.717) is 9.92 Å². The predicted molar refractivity (Wildman–Crippen MR) is 94.5 cm³/mol.